The Kier molecular flexibility index (Phi) is 6.30. The van der Waals surface area contributed by atoms with E-state index in [-0.39, 0.29) is 35.3 Å². The van der Waals surface area contributed by atoms with Crippen LogP contribution in [0.2, 0.25) is 0 Å². The number of furan rings is 1. The summed E-state index contributed by atoms with van der Waals surface area (Å²) in [5, 5.41) is 0. The molecule has 30 heavy (non-hydrogen) atoms. The first-order valence-electron chi connectivity index (χ1n) is 10.8. The molecule has 0 N–H and O–H groups in total. The monoisotopic (exact) mass is 414 g/mol. The van der Waals surface area contributed by atoms with Gasteiger partial charge in [0.1, 0.15) is 18.0 Å². The van der Waals surface area contributed by atoms with Crippen LogP contribution in [-0.2, 0) is 25.5 Å². The number of hydrogen-bond acceptors (Lipinski definition) is 5. The van der Waals surface area contributed by atoms with Gasteiger partial charge in [0.2, 0.25) is 0 Å². The average molecular weight is 415 g/mol. The largest absolute Gasteiger partial charge is 0.469 e. The van der Waals surface area contributed by atoms with Crippen molar-refractivity contribution in [2.45, 2.75) is 79.9 Å². The predicted octanol–water partition coefficient (Wildman–Crippen LogP) is 5.63. The Balaban J connectivity index is 1.98. The Morgan fingerprint density at radius 2 is 1.67 bits per heavy atom. The van der Waals surface area contributed by atoms with Gasteiger partial charge >= 0.3 is 11.9 Å². The van der Waals surface area contributed by atoms with Crippen molar-refractivity contribution in [2.24, 2.45) is 17.3 Å². The first kappa shape index (κ1) is 22.4. The summed E-state index contributed by atoms with van der Waals surface area (Å²) in [5.41, 5.74) is 3.42. The number of hydrogen-bond donors (Lipinski definition) is 0. The third-order valence-electron chi connectivity index (χ3n) is 6.89. The van der Waals surface area contributed by atoms with Gasteiger partial charge in [-0.25, -0.2) is 9.59 Å². The zero-order valence-electron chi connectivity index (χ0n) is 19.2. The molecule has 3 rings (SSSR count). The predicted molar refractivity (Wildman–Crippen MR) is 115 cm³/mol. The molecule has 0 radical (unpaired) electrons. The molecule has 0 aromatic carbocycles. The zero-order chi connectivity index (χ0) is 22.2. The normalized spacial score (nSPS) is 29.8. The van der Waals surface area contributed by atoms with Gasteiger partial charge in [-0.3, -0.25) is 0 Å². The summed E-state index contributed by atoms with van der Waals surface area (Å²) in [7, 11) is 0. The van der Waals surface area contributed by atoms with Gasteiger partial charge in [0.15, 0.2) is 0 Å². The summed E-state index contributed by atoms with van der Waals surface area (Å²) in [6.45, 7) is 13.8. The van der Waals surface area contributed by atoms with E-state index < -0.39 is 6.10 Å². The van der Waals surface area contributed by atoms with Crippen LogP contribution >= 0.6 is 0 Å². The van der Waals surface area contributed by atoms with E-state index in [0.717, 1.165) is 47.3 Å². The first-order chi connectivity index (χ1) is 14.0. The van der Waals surface area contributed by atoms with Gasteiger partial charge in [0.25, 0.3) is 0 Å². The number of ether oxygens (including phenoxy) is 2. The second-order valence-electron chi connectivity index (χ2n) is 9.62. The molecule has 2 aliphatic rings. The van der Waals surface area contributed by atoms with Gasteiger partial charge in [-0.15, -0.1) is 0 Å². The Morgan fingerprint density at radius 1 is 1.07 bits per heavy atom. The molecule has 0 aliphatic heterocycles. The first-order valence-corrected chi connectivity index (χ1v) is 10.8. The van der Waals surface area contributed by atoms with Crippen molar-refractivity contribution in [3.8, 4) is 0 Å². The van der Waals surface area contributed by atoms with Crippen molar-refractivity contribution in [1.29, 1.82) is 0 Å². The molecule has 5 unspecified atom stereocenters. The van der Waals surface area contributed by atoms with E-state index in [9.17, 15) is 9.59 Å². The Morgan fingerprint density at radius 3 is 2.27 bits per heavy atom. The molecule has 0 bridgehead atoms. The minimum Gasteiger partial charge on any atom is -0.469 e. The van der Waals surface area contributed by atoms with Crippen LogP contribution in [0.25, 0.3) is 0 Å². The van der Waals surface area contributed by atoms with E-state index in [0.29, 0.717) is 0 Å². The lowest BCUT2D eigenvalue weighted by atomic mass is 9.53. The van der Waals surface area contributed by atoms with Gasteiger partial charge in [0, 0.05) is 35.5 Å². The maximum atomic E-state index is 12.6. The van der Waals surface area contributed by atoms with Gasteiger partial charge in [-0.05, 0) is 58.9 Å². The number of esters is 2. The number of carbonyl (C=O) groups is 2. The molecule has 1 heterocycles. The van der Waals surface area contributed by atoms with Crippen LogP contribution in [0.3, 0.4) is 0 Å². The highest BCUT2D eigenvalue weighted by molar-refractivity contribution is 5.83. The lowest BCUT2D eigenvalue weighted by molar-refractivity contribution is -0.182. The fraction of sp³-hybridized carbons (Fsp3) is 0.600. The van der Waals surface area contributed by atoms with Crippen molar-refractivity contribution < 1.29 is 23.5 Å². The quantitative estimate of drug-likeness (QED) is 0.472. The standard InChI is InChI=1S/C25H34O5/c1-14(2)10-21(26)29-19-9-8-18-12-20-23(16(5)13-28-20)24(25(18,7)17(19)6)30-22(27)11-15(3)4/h10-11,13,17-19,24H,8-9,12H2,1-7H3. The minimum atomic E-state index is -0.437. The molecule has 1 aromatic heterocycles. The van der Waals surface area contributed by atoms with Crippen molar-refractivity contribution in [1.82, 2.24) is 0 Å². The van der Waals surface area contributed by atoms with Gasteiger partial charge in [0.05, 0.1) is 6.26 Å². The zero-order valence-corrected chi connectivity index (χ0v) is 19.2. The Labute approximate surface area is 179 Å². The fourth-order valence-electron chi connectivity index (χ4n) is 5.18. The van der Waals surface area contributed by atoms with E-state index >= 15 is 0 Å². The maximum Gasteiger partial charge on any atom is 0.331 e. The maximum absolute atomic E-state index is 12.6. The molecule has 5 nitrogen and oxygen atoms in total. The number of aryl methyl sites for hydroxylation is 1. The highest BCUT2D eigenvalue weighted by atomic mass is 16.6. The molecular weight excluding hydrogens is 380 g/mol. The van der Waals surface area contributed by atoms with Crippen molar-refractivity contribution in [3.63, 3.8) is 0 Å². The lowest BCUT2D eigenvalue weighted by Crippen LogP contribution is -2.53. The molecule has 2 aliphatic carbocycles. The Bertz CT molecular complexity index is 881. The number of carbonyl (C=O) groups excluding carboxylic acids is 2. The van der Waals surface area contributed by atoms with Crippen LogP contribution in [0.1, 0.15) is 77.4 Å². The van der Waals surface area contributed by atoms with E-state index in [1.807, 2.05) is 34.6 Å². The molecule has 0 saturated heterocycles. The lowest BCUT2D eigenvalue weighted by Gasteiger charge is -2.54. The van der Waals surface area contributed by atoms with Crippen LogP contribution in [-0.4, -0.2) is 18.0 Å². The summed E-state index contributed by atoms with van der Waals surface area (Å²) < 4.78 is 17.8. The summed E-state index contributed by atoms with van der Waals surface area (Å²) in [6, 6.07) is 0. The molecule has 1 saturated carbocycles. The van der Waals surface area contributed by atoms with Gasteiger partial charge in [-0.1, -0.05) is 25.0 Å². The van der Waals surface area contributed by atoms with E-state index in [4.69, 9.17) is 13.9 Å². The second-order valence-corrected chi connectivity index (χ2v) is 9.62. The van der Waals surface area contributed by atoms with Crippen LogP contribution in [0.4, 0.5) is 0 Å². The molecule has 164 valence electrons. The molecule has 5 atom stereocenters. The van der Waals surface area contributed by atoms with Crippen LogP contribution in [0.15, 0.2) is 34.0 Å². The SMILES string of the molecule is CC(C)=CC(=O)OC1CCC2Cc3occ(C)c3C(OC(=O)C=C(C)C)C2(C)C1C. The fourth-order valence-corrected chi connectivity index (χ4v) is 5.18. The molecule has 0 amide bonds. The van der Waals surface area contributed by atoms with Gasteiger partial charge < -0.3 is 13.9 Å². The van der Waals surface area contributed by atoms with Crippen LogP contribution < -0.4 is 0 Å². The minimum absolute atomic E-state index is 0.0257. The summed E-state index contributed by atoms with van der Waals surface area (Å²) in [5.74, 6) is 0.579. The highest BCUT2D eigenvalue weighted by Gasteiger charge is 2.57. The van der Waals surface area contributed by atoms with Gasteiger partial charge in [-0.2, -0.15) is 0 Å². The molecule has 5 heteroatoms. The molecular formula is C25H34O5. The Hall–Kier alpha value is -2.30. The van der Waals surface area contributed by atoms with E-state index in [2.05, 4.69) is 13.8 Å². The van der Waals surface area contributed by atoms with E-state index in [1.54, 1.807) is 6.26 Å². The van der Waals surface area contributed by atoms with Crippen LogP contribution in [0, 0.1) is 24.2 Å². The van der Waals surface area contributed by atoms with Crippen molar-refractivity contribution >= 4 is 11.9 Å². The smallest absolute Gasteiger partial charge is 0.331 e. The molecule has 1 fully saturated rings. The van der Waals surface area contributed by atoms with Crippen LogP contribution in [0.5, 0.6) is 0 Å². The third-order valence-corrected chi connectivity index (χ3v) is 6.89. The van der Waals surface area contributed by atoms with Crippen molar-refractivity contribution in [3.05, 3.63) is 46.4 Å². The summed E-state index contributed by atoms with van der Waals surface area (Å²) in [6.07, 6.45) is 6.67. The van der Waals surface area contributed by atoms with E-state index in [1.165, 1.54) is 12.2 Å². The van der Waals surface area contributed by atoms with Crippen molar-refractivity contribution in [2.75, 3.05) is 0 Å². The second kappa shape index (κ2) is 8.44. The molecule has 1 aromatic rings. The highest BCUT2D eigenvalue weighted by Crippen LogP contribution is 2.60. The summed E-state index contributed by atoms with van der Waals surface area (Å²) >= 11 is 0. The molecule has 0 spiro atoms. The average Bonchev–Trinajstić information content (AvgIpc) is 2.98. The number of fused-ring (bicyclic) bond motifs is 2. The third kappa shape index (κ3) is 4.12. The number of allylic oxidation sites excluding steroid dienone is 2. The topological polar surface area (TPSA) is 65.7 Å². The summed E-state index contributed by atoms with van der Waals surface area (Å²) in [4.78, 5) is 25.0. The number of rotatable bonds is 4.